The van der Waals surface area contributed by atoms with Crippen LogP contribution in [0.5, 0.6) is 0 Å². The monoisotopic (exact) mass is 493 g/mol. The molecule has 0 amide bonds. The number of nitrogens with two attached hydrogens (primary N) is 2. The molecule has 7 N–H and O–H groups in total. The lowest BCUT2D eigenvalue weighted by molar-refractivity contribution is -0.742. The van der Waals surface area contributed by atoms with Gasteiger partial charge < -0.3 is 5.21 Å². The lowest BCUT2D eigenvalue weighted by Crippen LogP contribution is -2.53. The van der Waals surface area contributed by atoms with Crippen molar-refractivity contribution < 1.29 is 24.1 Å². The molecular formula is C17H21N10O6S+. The van der Waals surface area contributed by atoms with Gasteiger partial charge in [-0.1, -0.05) is 4.68 Å². The topological polar surface area (TPSA) is 249 Å². The lowest BCUT2D eigenvalue weighted by Gasteiger charge is -2.08. The van der Waals surface area contributed by atoms with Gasteiger partial charge in [0.15, 0.2) is 5.69 Å². The number of hydrogen-bond acceptors (Lipinski definition) is 9. The number of aromatic amines is 1. The van der Waals surface area contributed by atoms with E-state index in [2.05, 4.69) is 30.0 Å². The zero-order valence-electron chi connectivity index (χ0n) is 18.1. The molecule has 180 valence electrons. The average Bonchev–Trinajstić information content (AvgIpc) is 2.99. The van der Waals surface area contributed by atoms with Gasteiger partial charge >= 0.3 is 11.5 Å². The number of nitrogens with one attached hydrogen (secondary N) is 2. The van der Waals surface area contributed by atoms with Crippen LogP contribution in [0.25, 0.3) is 0 Å². The number of aryl methyl sites for hydroxylation is 3. The molecule has 17 heteroatoms. The van der Waals surface area contributed by atoms with Gasteiger partial charge in [0.2, 0.25) is 0 Å². The van der Waals surface area contributed by atoms with Crippen molar-refractivity contribution in [2.24, 2.45) is 16.0 Å². The fourth-order valence-electron chi connectivity index (χ4n) is 2.60. The molecule has 0 saturated heterocycles. The van der Waals surface area contributed by atoms with E-state index in [1.165, 1.54) is 30.3 Å². The highest BCUT2D eigenvalue weighted by Gasteiger charge is 2.18. The van der Waals surface area contributed by atoms with Gasteiger partial charge in [-0.25, -0.2) is 28.3 Å². The molecule has 3 aromatic rings. The molecule has 0 radical (unpaired) electrons. The fourth-order valence-corrected chi connectivity index (χ4v) is 3.59. The van der Waals surface area contributed by atoms with Crippen molar-refractivity contribution in [2.45, 2.75) is 25.7 Å². The first-order chi connectivity index (χ1) is 15.8. The lowest BCUT2D eigenvalue weighted by atomic mass is 10.3. The van der Waals surface area contributed by atoms with E-state index >= 15 is 0 Å². The molecule has 1 aromatic carbocycles. The van der Waals surface area contributed by atoms with Crippen molar-refractivity contribution in [1.29, 1.82) is 0 Å². The van der Waals surface area contributed by atoms with Crippen molar-refractivity contribution in [3.05, 3.63) is 68.0 Å². The Hall–Kier alpha value is -4.67. The van der Waals surface area contributed by atoms with Gasteiger partial charge in [0.1, 0.15) is 11.6 Å². The highest BCUT2D eigenvalue weighted by molar-refractivity contribution is 7.92. The third-order valence-corrected chi connectivity index (χ3v) is 5.29. The number of benzene rings is 1. The molecule has 16 nitrogen and oxygen atoms in total. The maximum absolute atomic E-state index is 12.6. The fraction of sp³-hybridized carbons (Fsp3) is 0.176. The normalized spacial score (nSPS) is 11.0. The zero-order valence-corrected chi connectivity index (χ0v) is 18.9. The van der Waals surface area contributed by atoms with Crippen molar-refractivity contribution in [2.75, 3.05) is 4.72 Å². The minimum absolute atomic E-state index is 0.0149. The van der Waals surface area contributed by atoms with Crippen molar-refractivity contribution in [3.63, 3.8) is 0 Å². The molecule has 0 aliphatic rings. The summed E-state index contributed by atoms with van der Waals surface area (Å²) in [4.78, 5) is 28.7. The molecule has 3 rings (SSSR count). The van der Waals surface area contributed by atoms with Crippen molar-refractivity contribution in [3.8, 4) is 0 Å². The van der Waals surface area contributed by atoms with E-state index < -0.39 is 20.7 Å². The number of rotatable bonds is 5. The molecule has 0 aliphatic heterocycles. The number of hydrogen-bond donors (Lipinski definition) is 5. The molecule has 0 unspecified atom stereocenters. The van der Waals surface area contributed by atoms with Crippen molar-refractivity contribution >= 4 is 33.2 Å². The summed E-state index contributed by atoms with van der Waals surface area (Å²) in [5.74, 6) is 0.413. The van der Waals surface area contributed by atoms with Gasteiger partial charge in [0.25, 0.3) is 15.1 Å². The number of anilines is 1. The maximum atomic E-state index is 12.6. The van der Waals surface area contributed by atoms with Gasteiger partial charge in [-0.15, -0.1) is 15.2 Å². The van der Waals surface area contributed by atoms with E-state index in [1.54, 1.807) is 20.8 Å². The van der Waals surface area contributed by atoms with Crippen LogP contribution in [0, 0.1) is 30.9 Å². The molecule has 0 saturated carbocycles. The van der Waals surface area contributed by atoms with Gasteiger partial charge in [0.05, 0.1) is 16.3 Å². The number of aromatic nitrogens is 4. The SMILES string of the molecule is Cc1cc(NS(=O)(=O)c2ccc(N=Nc3c(C)[nH]n(C(N)=[NH2+])c3=O)cc2)nc(C)n1.O=[N+]([O-])O. The van der Waals surface area contributed by atoms with Crippen LogP contribution in [0.2, 0.25) is 0 Å². The molecule has 2 heterocycles. The Kier molecular flexibility index (Phi) is 7.75. The van der Waals surface area contributed by atoms with Crippen LogP contribution in [0.3, 0.4) is 0 Å². The summed E-state index contributed by atoms with van der Waals surface area (Å²) in [7, 11) is -3.85. The van der Waals surface area contributed by atoms with E-state index in [4.69, 9.17) is 26.5 Å². The molecule has 0 aliphatic carbocycles. The summed E-state index contributed by atoms with van der Waals surface area (Å²) in [6.45, 7) is 5.03. The van der Waals surface area contributed by atoms with Crippen molar-refractivity contribution in [1.82, 2.24) is 19.7 Å². The van der Waals surface area contributed by atoms with Crippen LogP contribution in [-0.4, -0.2) is 44.4 Å². The average molecular weight is 493 g/mol. The van der Waals surface area contributed by atoms with Gasteiger partial charge in [-0.05, 0) is 45.0 Å². The molecular weight excluding hydrogens is 472 g/mol. The largest absolute Gasteiger partial charge is 0.371 e. The number of H-pyrrole nitrogens is 1. The Balaban J connectivity index is 0.000000945. The second kappa shape index (κ2) is 10.3. The quantitative estimate of drug-likeness (QED) is 0.102. The summed E-state index contributed by atoms with van der Waals surface area (Å²) < 4.78 is 28.5. The van der Waals surface area contributed by atoms with Crippen LogP contribution in [-0.2, 0) is 10.0 Å². The Bertz CT molecular complexity index is 1390. The molecule has 0 atom stereocenters. The molecule has 34 heavy (non-hydrogen) atoms. The van der Waals surface area contributed by atoms with Crippen LogP contribution < -0.4 is 21.4 Å². The second-order valence-corrected chi connectivity index (χ2v) is 8.31. The standard InChI is InChI=1S/C17H19N9O3S.HNO3/c1-9-8-14(21-11(3)20-9)25-30(28,29)13-6-4-12(5-7-13)22-23-15-10(2)24-26(16(15)27)17(18)19;2-1(3)4/h4-8,24H,1-3H3,(H3,18,19)(H,20,21,25);(H,2,3,4)/p+1. The number of nitrogens with zero attached hydrogens (tertiary/aromatic N) is 6. The Morgan fingerprint density at radius 1 is 1.24 bits per heavy atom. The van der Waals surface area contributed by atoms with Gasteiger partial charge in [-0.3, -0.25) is 15.9 Å². The van der Waals surface area contributed by atoms with Crippen LogP contribution in [0.15, 0.2) is 50.3 Å². The summed E-state index contributed by atoms with van der Waals surface area (Å²) in [6, 6.07) is 7.18. The number of sulfonamides is 1. The maximum Gasteiger partial charge on any atom is 0.371 e. The predicted molar refractivity (Wildman–Crippen MR) is 118 cm³/mol. The first-order valence-electron chi connectivity index (χ1n) is 9.20. The molecule has 0 spiro atoms. The smallest absolute Gasteiger partial charge is 0.328 e. The van der Waals surface area contributed by atoms with E-state index in [9.17, 15) is 13.2 Å². The first-order valence-corrected chi connectivity index (χ1v) is 10.7. The highest BCUT2D eigenvalue weighted by atomic mass is 32.2. The minimum Gasteiger partial charge on any atom is -0.328 e. The van der Waals surface area contributed by atoms with Gasteiger partial charge in [0, 0.05) is 11.8 Å². The summed E-state index contributed by atoms with van der Waals surface area (Å²) >= 11 is 0. The van der Waals surface area contributed by atoms with Gasteiger partial charge in [-0.2, -0.15) is 5.11 Å². The van der Waals surface area contributed by atoms with E-state index in [-0.39, 0.29) is 22.4 Å². The molecule has 0 fully saturated rings. The molecule has 0 bridgehead atoms. The van der Waals surface area contributed by atoms with Crippen LogP contribution in [0.4, 0.5) is 17.2 Å². The summed E-state index contributed by atoms with van der Waals surface area (Å²) in [5, 5.41) is 29.6. The third-order valence-electron chi connectivity index (χ3n) is 3.92. The Morgan fingerprint density at radius 2 is 1.82 bits per heavy atom. The Morgan fingerprint density at radius 3 is 2.32 bits per heavy atom. The Labute approximate surface area is 191 Å². The molecule has 2 aromatic heterocycles. The van der Waals surface area contributed by atoms with Crippen LogP contribution in [0.1, 0.15) is 17.2 Å². The van der Waals surface area contributed by atoms with E-state index in [1.807, 2.05) is 0 Å². The summed E-state index contributed by atoms with van der Waals surface area (Å²) in [5.41, 5.74) is 6.32. The van der Waals surface area contributed by atoms with Crippen LogP contribution >= 0.6 is 0 Å². The number of azo groups is 1. The third kappa shape index (κ3) is 6.66. The zero-order chi connectivity index (χ0) is 25.6. The minimum atomic E-state index is -3.85. The van der Waals surface area contributed by atoms with E-state index in [0.717, 1.165) is 4.68 Å². The predicted octanol–water partition coefficient (Wildman–Crippen LogP) is -0.318. The second-order valence-electron chi connectivity index (χ2n) is 6.63. The van der Waals surface area contributed by atoms with E-state index in [0.29, 0.717) is 22.9 Å². The first kappa shape index (κ1) is 25.6. The summed E-state index contributed by atoms with van der Waals surface area (Å²) in [6.07, 6.45) is 0. The highest BCUT2D eigenvalue weighted by Crippen LogP contribution is 2.21.